The molecule has 4 aromatic rings. The van der Waals surface area contributed by atoms with Crippen LogP contribution in [0.5, 0.6) is 5.88 Å². The minimum atomic E-state index is -2.65. The van der Waals surface area contributed by atoms with Crippen LogP contribution < -0.4 is 10.1 Å². The summed E-state index contributed by atoms with van der Waals surface area (Å²) < 4.78 is 54.4. The minimum Gasteiger partial charge on any atom is -0.479 e. The molecule has 1 saturated carbocycles. The van der Waals surface area contributed by atoms with Gasteiger partial charge in [-0.1, -0.05) is 5.21 Å². The van der Waals surface area contributed by atoms with Gasteiger partial charge in [-0.05, 0) is 49.4 Å². The smallest absolute Gasteiger partial charge is 0.258 e. The molecule has 1 aliphatic rings. The molecular weight excluding hydrogens is 479 g/mol. The molecule has 13 heteroatoms. The molecule has 0 unspecified atom stereocenters. The standard InChI is InChI=1S/C23H26F3N7O3/c1-35-22-21-16(13-10-17(24)20-18(11-13)33(31-29-20)12-19(25)26)6-7-32(21)30-23(28-22)27-14-2-4-15(5-3-14)36-9-8-34/h6-7,10-11,14-15,19,34H,2-5,8-9,12H2,1H3,(H,27,30). The molecule has 1 fully saturated rings. The Balaban J connectivity index is 1.43. The van der Waals surface area contributed by atoms with E-state index in [0.29, 0.717) is 29.2 Å². The molecule has 192 valence electrons. The molecule has 3 heterocycles. The van der Waals surface area contributed by atoms with Crippen molar-refractivity contribution in [3.05, 3.63) is 30.2 Å². The van der Waals surface area contributed by atoms with Crippen LogP contribution in [-0.2, 0) is 11.3 Å². The number of rotatable bonds is 9. The number of ether oxygens (including phenoxy) is 2. The zero-order valence-corrected chi connectivity index (χ0v) is 19.6. The summed E-state index contributed by atoms with van der Waals surface area (Å²) >= 11 is 0. The number of methoxy groups -OCH3 is 1. The molecule has 0 atom stereocenters. The molecule has 0 aliphatic heterocycles. The highest BCUT2D eigenvalue weighted by Gasteiger charge is 2.24. The van der Waals surface area contributed by atoms with Crippen molar-refractivity contribution in [1.82, 2.24) is 29.6 Å². The van der Waals surface area contributed by atoms with Crippen molar-refractivity contribution >= 4 is 22.5 Å². The number of nitrogens with zero attached hydrogens (tertiary/aromatic N) is 6. The van der Waals surface area contributed by atoms with Gasteiger partial charge in [-0.15, -0.1) is 10.2 Å². The van der Waals surface area contributed by atoms with Gasteiger partial charge in [-0.3, -0.25) is 0 Å². The lowest BCUT2D eigenvalue weighted by Crippen LogP contribution is -2.31. The second-order valence-electron chi connectivity index (χ2n) is 8.67. The van der Waals surface area contributed by atoms with Gasteiger partial charge in [0.15, 0.2) is 5.82 Å². The minimum absolute atomic E-state index is 0.0153. The number of aromatic nitrogens is 6. The van der Waals surface area contributed by atoms with Gasteiger partial charge < -0.3 is 19.9 Å². The van der Waals surface area contributed by atoms with Crippen LogP contribution in [0.25, 0.3) is 27.7 Å². The highest BCUT2D eigenvalue weighted by Crippen LogP contribution is 2.34. The highest BCUT2D eigenvalue weighted by atomic mass is 19.3. The van der Waals surface area contributed by atoms with E-state index in [4.69, 9.17) is 14.6 Å². The predicted molar refractivity (Wildman–Crippen MR) is 125 cm³/mol. The van der Waals surface area contributed by atoms with Crippen molar-refractivity contribution in [2.24, 2.45) is 0 Å². The normalized spacial score (nSPS) is 18.4. The van der Waals surface area contributed by atoms with Gasteiger partial charge in [0, 0.05) is 17.8 Å². The van der Waals surface area contributed by atoms with Crippen molar-refractivity contribution in [3.63, 3.8) is 0 Å². The maximum Gasteiger partial charge on any atom is 0.258 e. The SMILES string of the molecule is COc1nc(NC2CCC(OCCO)CC2)nn2ccc(-c3cc(F)c4nnn(CC(F)F)c4c3)c12. The zero-order chi connectivity index (χ0) is 25.2. The van der Waals surface area contributed by atoms with E-state index in [2.05, 4.69) is 25.7 Å². The summed E-state index contributed by atoms with van der Waals surface area (Å²) in [5, 5.41) is 24.2. The number of hydrogen-bond donors (Lipinski definition) is 2. The third-order valence-corrected chi connectivity index (χ3v) is 6.32. The maximum atomic E-state index is 14.8. The molecule has 0 radical (unpaired) electrons. The van der Waals surface area contributed by atoms with E-state index in [0.717, 1.165) is 30.4 Å². The van der Waals surface area contributed by atoms with Gasteiger partial charge in [0.25, 0.3) is 6.43 Å². The molecule has 2 N–H and O–H groups in total. The summed E-state index contributed by atoms with van der Waals surface area (Å²) in [5.74, 6) is 0.00774. The first-order valence-electron chi connectivity index (χ1n) is 11.7. The number of anilines is 1. The fourth-order valence-electron chi connectivity index (χ4n) is 4.65. The molecule has 1 aliphatic carbocycles. The number of fused-ring (bicyclic) bond motifs is 2. The molecular formula is C23H26F3N7O3. The number of benzene rings is 1. The molecule has 1 aromatic carbocycles. The Morgan fingerprint density at radius 2 is 2.03 bits per heavy atom. The first-order chi connectivity index (χ1) is 17.5. The van der Waals surface area contributed by atoms with E-state index >= 15 is 0 Å². The lowest BCUT2D eigenvalue weighted by atomic mass is 9.93. The first-order valence-corrected chi connectivity index (χ1v) is 11.7. The van der Waals surface area contributed by atoms with Crippen LogP contribution in [-0.4, -0.2) is 73.6 Å². The number of halogens is 3. The van der Waals surface area contributed by atoms with Gasteiger partial charge in [-0.25, -0.2) is 22.4 Å². The van der Waals surface area contributed by atoms with Gasteiger partial charge in [0.2, 0.25) is 11.8 Å². The maximum absolute atomic E-state index is 14.8. The highest BCUT2D eigenvalue weighted by molar-refractivity contribution is 5.89. The summed E-state index contributed by atoms with van der Waals surface area (Å²) in [6.07, 6.45) is 2.68. The van der Waals surface area contributed by atoms with Crippen molar-refractivity contribution < 1.29 is 27.8 Å². The Morgan fingerprint density at radius 3 is 2.75 bits per heavy atom. The van der Waals surface area contributed by atoms with Gasteiger partial charge in [-0.2, -0.15) is 4.98 Å². The van der Waals surface area contributed by atoms with E-state index in [9.17, 15) is 13.2 Å². The van der Waals surface area contributed by atoms with Crippen LogP contribution in [0.1, 0.15) is 25.7 Å². The second-order valence-corrected chi connectivity index (χ2v) is 8.67. The lowest BCUT2D eigenvalue weighted by Gasteiger charge is -2.29. The largest absolute Gasteiger partial charge is 0.479 e. The molecule has 36 heavy (non-hydrogen) atoms. The van der Waals surface area contributed by atoms with Crippen LogP contribution in [0.3, 0.4) is 0 Å². The number of nitrogens with one attached hydrogen (secondary N) is 1. The van der Waals surface area contributed by atoms with Crippen molar-refractivity contribution in [3.8, 4) is 17.0 Å². The summed E-state index contributed by atoms with van der Waals surface area (Å²) in [6.45, 7) is -0.328. The summed E-state index contributed by atoms with van der Waals surface area (Å²) in [4.78, 5) is 4.52. The monoisotopic (exact) mass is 505 g/mol. The Kier molecular flexibility index (Phi) is 6.92. The van der Waals surface area contributed by atoms with Gasteiger partial charge >= 0.3 is 0 Å². The van der Waals surface area contributed by atoms with Crippen molar-refractivity contribution in [2.45, 2.75) is 50.8 Å². The molecule has 0 amide bonds. The van der Waals surface area contributed by atoms with Gasteiger partial charge in [0.1, 0.15) is 17.6 Å². The molecule has 3 aromatic heterocycles. The molecule has 0 bridgehead atoms. The zero-order valence-electron chi connectivity index (χ0n) is 19.6. The fraction of sp³-hybridized carbons (Fsp3) is 0.478. The van der Waals surface area contributed by atoms with E-state index in [1.54, 1.807) is 22.8 Å². The molecule has 10 nitrogen and oxygen atoms in total. The Morgan fingerprint density at radius 1 is 1.22 bits per heavy atom. The van der Waals surface area contributed by atoms with Gasteiger partial charge in [0.05, 0.1) is 31.9 Å². The summed E-state index contributed by atoms with van der Waals surface area (Å²) in [6, 6.07) is 4.75. The Labute approximate surface area is 204 Å². The lowest BCUT2D eigenvalue weighted by molar-refractivity contribution is 0.00718. The van der Waals surface area contributed by atoms with Crippen LogP contribution in [0.4, 0.5) is 19.1 Å². The van der Waals surface area contributed by atoms with Crippen LogP contribution in [0.2, 0.25) is 0 Å². The first kappa shape index (κ1) is 24.3. The molecule has 5 rings (SSSR count). The van der Waals surface area contributed by atoms with Crippen LogP contribution >= 0.6 is 0 Å². The molecule has 0 saturated heterocycles. The number of aliphatic hydroxyl groups excluding tert-OH is 1. The van der Waals surface area contributed by atoms with E-state index in [-0.39, 0.29) is 35.7 Å². The average molecular weight is 506 g/mol. The van der Waals surface area contributed by atoms with E-state index in [1.165, 1.54) is 13.2 Å². The van der Waals surface area contributed by atoms with E-state index in [1.807, 2.05) is 0 Å². The fourth-order valence-corrected chi connectivity index (χ4v) is 4.65. The van der Waals surface area contributed by atoms with Crippen LogP contribution in [0, 0.1) is 5.82 Å². The second kappa shape index (κ2) is 10.3. The Hall–Kier alpha value is -3.45. The van der Waals surface area contributed by atoms with Crippen molar-refractivity contribution in [2.75, 3.05) is 25.6 Å². The Bertz CT molecular complexity index is 1350. The third-order valence-electron chi connectivity index (χ3n) is 6.32. The number of alkyl halides is 2. The predicted octanol–water partition coefficient (Wildman–Crippen LogP) is 3.29. The number of aliphatic hydroxyl groups is 1. The topological polar surface area (TPSA) is 112 Å². The quantitative estimate of drug-likeness (QED) is 0.357. The number of hydrogen-bond acceptors (Lipinski definition) is 8. The van der Waals surface area contributed by atoms with E-state index < -0.39 is 18.8 Å². The van der Waals surface area contributed by atoms with Crippen LogP contribution in [0.15, 0.2) is 24.4 Å². The summed E-state index contributed by atoms with van der Waals surface area (Å²) in [5.41, 5.74) is 1.61. The molecule has 0 spiro atoms. The third kappa shape index (κ3) is 4.80. The summed E-state index contributed by atoms with van der Waals surface area (Å²) in [7, 11) is 1.48. The average Bonchev–Trinajstić information content (AvgIpc) is 3.47. The van der Waals surface area contributed by atoms with Crippen molar-refractivity contribution in [1.29, 1.82) is 0 Å².